The summed E-state index contributed by atoms with van der Waals surface area (Å²) in [5, 5.41) is 7.88. The van der Waals surface area contributed by atoms with E-state index in [1.54, 1.807) is 12.1 Å². The van der Waals surface area contributed by atoms with Crippen LogP contribution in [0.15, 0.2) is 59.6 Å². The van der Waals surface area contributed by atoms with Gasteiger partial charge in [-0.05, 0) is 48.4 Å². The third kappa shape index (κ3) is 4.89. The maximum Gasteiger partial charge on any atom is 0.236 e. The molecule has 2 aliphatic carbocycles. The fourth-order valence-electron chi connectivity index (χ4n) is 5.82. The fourth-order valence-corrected chi connectivity index (χ4v) is 7.73. The molecule has 6 nitrogen and oxygen atoms in total. The van der Waals surface area contributed by atoms with Gasteiger partial charge in [0.15, 0.2) is 5.82 Å². The highest BCUT2D eigenvalue weighted by atomic mass is 35.5. The van der Waals surface area contributed by atoms with Gasteiger partial charge in [0, 0.05) is 24.8 Å². The van der Waals surface area contributed by atoms with Crippen molar-refractivity contribution < 1.29 is 13.6 Å². The maximum atomic E-state index is 13.8. The van der Waals surface area contributed by atoms with Gasteiger partial charge in [-0.1, -0.05) is 73.2 Å². The Bertz CT molecular complexity index is 1360. The van der Waals surface area contributed by atoms with Gasteiger partial charge in [-0.15, -0.1) is 0 Å². The van der Waals surface area contributed by atoms with E-state index in [0.29, 0.717) is 18.3 Å². The summed E-state index contributed by atoms with van der Waals surface area (Å²) in [6.07, 6.45) is 9.87. The summed E-state index contributed by atoms with van der Waals surface area (Å²) in [7, 11) is -4.01. The highest BCUT2D eigenvalue weighted by molar-refractivity contribution is 8.14. The first-order valence-electron chi connectivity index (χ1n) is 12.5. The number of hydrogen-bond donors (Lipinski definition) is 2. The quantitative estimate of drug-likeness (QED) is 0.401. The molecule has 0 aliphatic heterocycles. The van der Waals surface area contributed by atoms with Crippen molar-refractivity contribution in [2.24, 2.45) is 11.8 Å². The number of aryl methyl sites for hydroxylation is 1. The molecule has 1 amide bonds. The molecule has 2 aliphatic rings. The predicted molar refractivity (Wildman–Crippen MR) is 145 cm³/mol. The minimum atomic E-state index is -4.01. The van der Waals surface area contributed by atoms with Crippen molar-refractivity contribution in [3.63, 3.8) is 0 Å². The Kier molecular flexibility index (Phi) is 6.17. The molecule has 5 rings (SSSR count). The molecule has 1 heterocycles. The number of hydrogen-bond acceptors (Lipinski definition) is 3. The highest BCUT2D eigenvalue weighted by Gasteiger charge is 2.63. The van der Waals surface area contributed by atoms with Gasteiger partial charge in [0.1, 0.15) is 0 Å². The van der Waals surface area contributed by atoms with Crippen LogP contribution < -0.4 is 5.32 Å². The Morgan fingerprint density at radius 3 is 2.50 bits per heavy atom. The van der Waals surface area contributed by atoms with E-state index in [1.807, 2.05) is 23.0 Å². The number of rotatable bonds is 7. The topological polar surface area (TPSA) is 84.2 Å². The van der Waals surface area contributed by atoms with Crippen molar-refractivity contribution in [2.45, 2.75) is 55.9 Å². The number of benzene rings is 2. The van der Waals surface area contributed by atoms with Crippen LogP contribution >= 0.6 is 11.6 Å². The molecule has 2 unspecified atom stereocenters. The number of carbonyl (C=O) groups is 1. The zero-order valence-corrected chi connectivity index (χ0v) is 22.6. The zero-order valence-electron chi connectivity index (χ0n) is 21.0. The highest BCUT2D eigenvalue weighted by Crippen LogP contribution is 2.62. The van der Waals surface area contributed by atoms with Crippen LogP contribution in [0.2, 0.25) is 5.02 Å². The molecule has 8 heteroatoms. The average molecular weight is 528 g/mol. The molecule has 0 saturated heterocycles. The number of halogens is 1. The summed E-state index contributed by atoms with van der Waals surface area (Å²) < 4.78 is 25.1. The lowest BCUT2D eigenvalue weighted by Gasteiger charge is -2.35. The molecule has 2 saturated carbocycles. The van der Waals surface area contributed by atoms with Crippen molar-refractivity contribution in [3.8, 4) is 0 Å². The summed E-state index contributed by atoms with van der Waals surface area (Å²) in [4.78, 5) is 14.0. The van der Waals surface area contributed by atoms with Crippen molar-refractivity contribution >= 4 is 32.7 Å². The lowest BCUT2D eigenvalue weighted by molar-refractivity contribution is -0.119. The molecular formula is C28H34ClN3O3S. The Morgan fingerprint density at radius 2 is 1.86 bits per heavy atom. The number of aromatic nitrogens is 2. The first-order valence-corrected chi connectivity index (χ1v) is 15.6. The standard InChI is InChI=1S/C28H34ClN3O3S/c1-19-8-10-20(11-9-19)18-32-15-14-26(31-32)30-27(33)28(17-23(28)21-6-4-5-7-21)22-12-13-25(24(29)16-22)36(2,3,34)35/h8-16,21,23H,4-7,17-18H2,1-3H3,(H,34,35)(H,30,31,33). The van der Waals surface area contributed by atoms with Gasteiger partial charge in [0.25, 0.3) is 0 Å². The number of amides is 1. The van der Waals surface area contributed by atoms with Crippen molar-refractivity contribution in [1.29, 1.82) is 0 Å². The Labute approximate surface area is 217 Å². The first-order chi connectivity index (χ1) is 16.9. The molecule has 0 radical (unpaired) electrons. The molecule has 2 atom stereocenters. The van der Waals surface area contributed by atoms with E-state index >= 15 is 0 Å². The summed E-state index contributed by atoms with van der Waals surface area (Å²) in [5.41, 5.74) is 2.45. The average Bonchev–Trinajstić information content (AvgIpc) is 3.11. The van der Waals surface area contributed by atoms with Crippen LogP contribution in [0, 0.1) is 18.8 Å². The number of anilines is 1. The molecule has 1 aromatic heterocycles. The van der Waals surface area contributed by atoms with E-state index < -0.39 is 14.8 Å². The number of carbonyl (C=O) groups excluding carboxylic acids is 1. The SMILES string of the molecule is Cc1ccc(Cn2ccc(NC(=O)C3(c4ccc(S(C)(C)(=O)O)c(Cl)c4)CC3C3CCCC3)n2)cc1. The second-order valence-electron chi connectivity index (χ2n) is 11.1. The van der Waals surface area contributed by atoms with Gasteiger partial charge in [-0.3, -0.25) is 14.0 Å². The van der Waals surface area contributed by atoms with Crippen LogP contribution in [0.3, 0.4) is 0 Å². The van der Waals surface area contributed by atoms with Gasteiger partial charge in [-0.25, -0.2) is 4.21 Å². The number of nitrogens with one attached hydrogen (secondary N) is 1. The van der Waals surface area contributed by atoms with E-state index in [9.17, 15) is 13.6 Å². The molecule has 2 N–H and O–H groups in total. The molecule has 2 fully saturated rings. The van der Waals surface area contributed by atoms with Crippen LogP contribution in [-0.2, 0) is 26.1 Å². The van der Waals surface area contributed by atoms with Crippen LogP contribution in [0.25, 0.3) is 0 Å². The fraction of sp³-hybridized carbons (Fsp3) is 0.429. The predicted octanol–water partition coefficient (Wildman–Crippen LogP) is 5.89. The molecular weight excluding hydrogens is 494 g/mol. The van der Waals surface area contributed by atoms with Gasteiger partial charge in [0.05, 0.1) is 21.9 Å². The molecule has 192 valence electrons. The lowest BCUT2D eigenvalue weighted by atomic mass is 9.86. The van der Waals surface area contributed by atoms with E-state index in [4.69, 9.17) is 11.6 Å². The van der Waals surface area contributed by atoms with E-state index in [1.165, 1.54) is 30.9 Å². The van der Waals surface area contributed by atoms with Crippen LogP contribution in [0.1, 0.15) is 48.8 Å². The summed E-state index contributed by atoms with van der Waals surface area (Å²) in [6, 6.07) is 15.3. The Balaban J connectivity index is 1.40. The molecule has 3 aromatic rings. The third-order valence-corrected chi connectivity index (χ3v) is 9.85. The van der Waals surface area contributed by atoms with Crippen molar-refractivity contribution in [2.75, 3.05) is 17.8 Å². The zero-order chi connectivity index (χ0) is 25.7. The molecule has 0 bridgehead atoms. The second-order valence-corrected chi connectivity index (χ2v) is 15.4. The first kappa shape index (κ1) is 25.2. The summed E-state index contributed by atoms with van der Waals surface area (Å²) >= 11 is 6.52. The summed E-state index contributed by atoms with van der Waals surface area (Å²) in [5.74, 6) is 1.17. The monoisotopic (exact) mass is 527 g/mol. The van der Waals surface area contributed by atoms with Crippen molar-refractivity contribution in [1.82, 2.24) is 9.78 Å². The minimum Gasteiger partial charge on any atom is -0.308 e. The van der Waals surface area contributed by atoms with E-state index in [0.717, 1.165) is 30.4 Å². The van der Waals surface area contributed by atoms with Gasteiger partial charge in [0.2, 0.25) is 5.91 Å². The number of nitrogens with zero attached hydrogens (tertiary/aromatic N) is 2. The van der Waals surface area contributed by atoms with Gasteiger partial charge >= 0.3 is 0 Å². The Hall–Kier alpha value is -2.48. The normalized spacial score (nSPS) is 23.2. The van der Waals surface area contributed by atoms with E-state index in [-0.39, 0.29) is 21.7 Å². The molecule has 0 spiro atoms. The Morgan fingerprint density at radius 1 is 1.17 bits per heavy atom. The largest absolute Gasteiger partial charge is 0.308 e. The maximum absolute atomic E-state index is 13.8. The minimum absolute atomic E-state index is 0.0848. The smallest absolute Gasteiger partial charge is 0.236 e. The van der Waals surface area contributed by atoms with Gasteiger partial charge < -0.3 is 5.32 Å². The third-order valence-electron chi connectivity index (χ3n) is 7.81. The lowest BCUT2D eigenvalue weighted by Crippen LogP contribution is -2.32. The van der Waals surface area contributed by atoms with Crippen LogP contribution in [-0.4, -0.2) is 37.0 Å². The van der Waals surface area contributed by atoms with Crippen molar-refractivity contribution in [3.05, 3.63) is 76.4 Å². The molecule has 2 aromatic carbocycles. The molecule has 36 heavy (non-hydrogen) atoms. The summed E-state index contributed by atoms with van der Waals surface area (Å²) in [6.45, 7) is 2.68. The van der Waals surface area contributed by atoms with Crippen LogP contribution in [0.5, 0.6) is 0 Å². The van der Waals surface area contributed by atoms with Gasteiger partial charge in [-0.2, -0.15) is 14.4 Å². The second kappa shape index (κ2) is 8.82. The van der Waals surface area contributed by atoms with Crippen LogP contribution in [0.4, 0.5) is 5.82 Å². The van der Waals surface area contributed by atoms with E-state index in [2.05, 4.69) is 41.6 Å².